The van der Waals surface area contributed by atoms with Crippen molar-refractivity contribution in [3.63, 3.8) is 0 Å². The van der Waals surface area contributed by atoms with Crippen LogP contribution in [0.2, 0.25) is 5.02 Å². The van der Waals surface area contributed by atoms with Crippen LogP contribution in [0.5, 0.6) is 0 Å². The van der Waals surface area contributed by atoms with Crippen molar-refractivity contribution in [2.24, 2.45) is 11.3 Å². The van der Waals surface area contributed by atoms with Gasteiger partial charge in [-0.05, 0) is 59.9 Å². The minimum atomic E-state index is -0.466. The highest BCUT2D eigenvalue weighted by molar-refractivity contribution is 6.30. The highest BCUT2D eigenvalue weighted by atomic mass is 35.5. The highest BCUT2D eigenvalue weighted by Gasteiger charge is 2.34. The number of amides is 1. The number of benzene rings is 2. The molecule has 1 aliphatic carbocycles. The fourth-order valence-electron chi connectivity index (χ4n) is 4.63. The lowest BCUT2D eigenvalue weighted by molar-refractivity contribution is -0.124. The fourth-order valence-corrected chi connectivity index (χ4v) is 4.76. The first-order valence-electron chi connectivity index (χ1n) is 11.9. The number of para-hydroxylation sites is 1. The molecule has 0 saturated heterocycles. The number of carbonyl (C=O) groups is 2. The zero-order valence-electron chi connectivity index (χ0n) is 20.0. The summed E-state index contributed by atoms with van der Waals surface area (Å²) in [5, 5.41) is 4.21. The number of esters is 1. The summed E-state index contributed by atoms with van der Waals surface area (Å²) in [6, 6.07) is 14.9. The van der Waals surface area contributed by atoms with E-state index in [4.69, 9.17) is 21.3 Å². The summed E-state index contributed by atoms with van der Waals surface area (Å²) < 4.78 is 5.52. The molecular weight excluding hydrogens is 448 g/mol. The van der Waals surface area contributed by atoms with E-state index in [0.717, 1.165) is 53.4 Å². The number of nitrogens with one attached hydrogen (secondary N) is 1. The van der Waals surface area contributed by atoms with Crippen molar-refractivity contribution in [2.45, 2.75) is 53.0 Å². The van der Waals surface area contributed by atoms with E-state index in [1.807, 2.05) is 36.4 Å². The third-order valence-electron chi connectivity index (χ3n) is 7.22. The van der Waals surface area contributed by atoms with Crippen LogP contribution in [0, 0.1) is 11.3 Å². The van der Waals surface area contributed by atoms with Gasteiger partial charge in [0.2, 0.25) is 0 Å². The van der Waals surface area contributed by atoms with Crippen LogP contribution in [-0.4, -0.2) is 23.5 Å². The predicted octanol–water partition coefficient (Wildman–Crippen LogP) is 5.90. The lowest BCUT2D eigenvalue weighted by Crippen LogP contribution is -2.31. The van der Waals surface area contributed by atoms with Gasteiger partial charge in [0.05, 0.1) is 11.1 Å². The Morgan fingerprint density at radius 2 is 1.88 bits per heavy atom. The molecule has 1 aromatic heterocycles. The quantitative estimate of drug-likeness (QED) is 0.429. The molecule has 0 saturated carbocycles. The number of fused-ring (bicyclic) bond motifs is 2. The average Bonchev–Trinajstić information content (AvgIpc) is 2.85. The van der Waals surface area contributed by atoms with Crippen LogP contribution in [0.3, 0.4) is 0 Å². The first-order valence-corrected chi connectivity index (χ1v) is 12.2. The Hall–Kier alpha value is -2.92. The average molecular weight is 479 g/mol. The summed E-state index contributed by atoms with van der Waals surface area (Å²) in [5.74, 6) is -0.353. The zero-order chi connectivity index (χ0) is 24.3. The molecule has 1 aliphatic rings. The number of ether oxygens (including phenoxy) is 1. The van der Waals surface area contributed by atoms with Gasteiger partial charge in [-0.2, -0.15) is 0 Å². The fraction of sp³-hybridized carbons (Fsp3) is 0.393. The number of halogens is 1. The molecule has 0 radical (unpaired) electrons. The molecule has 6 heteroatoms. The van der Waals surface area contributed by atoms with Crippen molar-refractivity contribution < 1.29 is 14.3 Å². The van der Waals surface area contributed by atoms with Gasteiger partial charge < -0.3 is 10.1 Å². The van der Waals surface area contributed by atoms with Crippen molar-refractivity contribution in [2.75, 3.05) is 6.61 Å². The van der Waals surface area contributed by atoms with E-state index in [1.54, 1.807) is 12.1 Å². The number of hydrogen-bond acceptors (Lipinski definition) is 4. The number of rotatable bonds is 7. The number of pyridine rings is 1. The summed E-state index contributed by atoms with van der Waals surface area (Å²) in [6.07, 6.45) is 3.76. The van der Waals surface area contributed by atoms with E-state index in [0.29, 0.717) is 23.0 Å². The van der Waals surface area contributed by atoms with Crippen molar-refractivity contribution in [3.05, 3.63) is 75.9 Å². The molecule has 1 amide bonds. The maximum Gasteiger partial charge on any atom is 0.339 e. The largest absolute Gasteiger partial charge is 0.452 e. The van der Waals surface area contributed by atoms with E-state index < -0.39 is 5.97 Å². The topological polar surface area (TPSA) is 68.3 Å². The summed E-state index contributed by atoms with van der Waals surface area (Å²) in [5.41, 5.74) is 4.38. The number of aryl methyl sites for hydroxylation is 1. The standard InChI is InChI=1S/C28H31ClN2O3/c1-4-28(2,3)19-11-14-24-22(15-19)26(21-7-5-6-8-23(21)31-24)27(33)34-17-25(32)30-16-18-9-12-20(29)13-10-18/h5-10,12-13,19H,4,11,14-17H2,1-3H3,(H,30,32). The van der Waals surface area contributed by atoms with E-state index in [2.05, 4.69) is 26.1 Å². The summed E-state index contributed by atoms with van der Waals surface area (Å²) in [6.45, 7) is 6.81. The van der Waals surface area contributed by atoms with Gasteiger partial charge in [-0.25, -0.2) is 4.79 Å². The van der Waals surface area contributed by atoms with Gasteiger partial charge in [-0.3, -0.25) is 9.78 Å². The van der Waals surface area contributed by atoms with E-state index in [-0.39, 0.29) is 17.9 Å². The SMILES string of the molecule is CCC(C)(C)C1CCc2nc3ccccc3c(C(=O)OCC(=O)NCc3ccc(Cl)cc3)c2C1. The molecule has 3 aromatic rings. The van der Waals surface area contributed by atoms with Crippen LogP contribution in [0.25, 0.3) is 10.9 Å². The molecule has 0 aliphatic heterocycles. The lowest BCUT2D eigenvalue weighted by atomic mass is 9.68. The summed E-state index contributed by atoms with van der Waals surface area (Å²) in [4.78, 5) is 30.6. The molecule has 34 heavy (non-hydrogen) atoms. The molecule has 0 fully saturated rings. The number of hydrogen-bond donors (Lipinski definition) is 1. The van der Waals surface area contributed by atoms with Gasteiger partial charge in [-0.15, -0.1) is 0 Å². The Morgan fingerprint density at radius 3 is 2.62 bits per heavy atom. The maximum atomic E-state index is 13.3. The number of nitrogens with zero attached hydrogens (tertiary/aromatic N) is 1. The smallest absolute Gasteiger partial charge is 0.339 e. The molecule has 178 valence electrons. The molecule has 5 nitrogen and oxygen atoms in total. The van der Waals surface area contributed by atoms with Crippen molar-refractivity contribution in [1.82, 2.24) is 10.3 Å². The van der Waals surface area contributed by atoms with Crippen LogP contribution in [-0.2, 0) is 28.9 Å². The minimum Gasteiger partial charge on any atom is -0.452 e. The molecule has 2 aromatic carbocycles. The van der Waals surface area contributed by atoms with E-state index in [1.165, 1.54) is 0 Å². The second-order valence-electron chi connectivity index (χ2n) is 9.69. The van der Waals surface area contributed by atoms with Gasteiger partial charge in [0.25, 0.3) is 5.91 Å². The normalized spacial score (nSPS) is 15.6. The van der Waals surface area contributed by atoms with E-state index >= 15 is 0 Å². The molecule has 1 atom stereocenters. The second-order valence-corrected chi connectivity index (χ2v) is 10.1. The Morgan fingerprint density at radius 1 is 1.15 bits per heavy atom. The monoisotopic (exact) mass is 478 g/mol. The molecular formula is C28H31ClN2O3. The predicted molar refractivity (Wildman–Crippen MR) is 135 cm³/mol. The third kappa shape index (κ3) is 5.25. The van der Waals surface area contributed by atoms with Crippen LogP contribution >= 0.6 is 11.6 Å². The molecule has 1 N–H and O–H groups in total. The van der Waals surface area contributed by atoms with Crippen molar-refractivity contribution in [1.29, 1.82) is 0 Å². The Balaban J connectivity index is 1.53. The Bertz CT molecular complexity index is 1200. The zero-order valence-corrected chi connectivity index (χ0v) is 20.7. The van der Waals surface area contributed by atoms with E-state index in [9.17, 15) is 9.59 Å². The Kier molecular flexibility index (Phi) is 7.22. The van der Waals surface area contributed by atoms with Crippen molar-refractivity contribution in [3.8, 4) is 0 Å². The third-order valence-corrected chi connectivity index (χ3v) is 7.47. The first-order chi connectivity index (χ1) is 16.3. The molecule has 0 bridgehead atoms. The minimum absolute atomic E-state index is 0.173. The van der Waals surface area contributed by atoms with Crippen molar-refractivity contribution >= 4 is 34.4 Å². The summed E-state index contributed by atoms with van der Waals surface area (Å²) in [7, 11) is 0. The first kappa shape index (κ1) is 24.2. The summed E-state index contributed by atoms with van der Waals surface area (Å²) >= 11 is 5.90. The van der Waals surface area contributed by atoms with Gasteiger partial charge in [0.15, 0.2) is 6.61 Å². The lowest BCUT2D eigenvalue weighted by Gasteiger charge is -2.37. The Labute approximate surface area is 205 Å². The van der Waals surface area contributed by atoms with Crippen LogP contribution in [0.15, 0.2) is 48.5 Å². The molecule has 1 heterocycles. The van der Waals surface area contributed by atoms with Gasteiger partial charge in [0, 0.05) is 22.6 Å². The molecule has 0 spiro atoms. The van der Waals surface area contributed by atoms with Crippen LogP contribution in [0.4, 0.5) is 0 Å². The van der Waals surface area contributed by atoms with Crippen LogP contribution < -0.4 is 5.32 Å². The molecule has 1 unspecified atom stereocenters. The number of aromatic nitrogens is 1. The van der Waals surface area contributed by atoms with Gasteiger partial charge >= 0.3 is 5.97 Å². The van der Waals surface area contributed by atoms with Crippen LogP contribution in [0.1, 0.15) is 60.8 Å². The molecule has 4 rings (SSSR count). The van der Waals surface area contributed by atoms with Gasteiger partial charge in [0.1, 0.15) is 0 Å². The van der Waals surface area contributed by atoms with Gasteiger partial charge in [-0.1, -0.05) is 69.1 Å². The second kappa shape index (κ2) is 10.1. The maximum absolute atomic E-state index is 13.3. The number of carbonyl (C=O) groups excluding carboxylic acids is 2. The highest BCUT2D eigenvalue weighted by Crippen LogP contribution is 2.41.